The number of nitrogens with zero attached hydrogens (tertiary/aromatic N) is 1. The van der Waals surface area contributed by atoms with Crippen molar-refractivity contribution in [1.29, 1.82) is 0 Å². The maximum absolute atomic E-state index is 13.9. The third-order valence-corrected chi connectivity index (χ3v) is 5.72. The Morgan fingerprint density at radius 1 is 0.973 bits per heavy atom. The van der Waals surface area contributed by atoms with Gasteiger partial charge in [0.2, 0.25) is 5.91 Å². The summed E-state index contributed by atoms with van der Waals surface area (Å²) in [6.45, 7) is 12.5. The Kier molecular flexibility index (Phi) is 10.7. The SMILES string of the molecule is Cc1cccc(C)c1NC(=O)C(c1ccccc1)N(CCO)C(=O)C(CC(C)C)NC(=O)OC(C)(C)C. The van der Waals surface area contributed by atoms with E-state index in [4.69, 9.17) is 4.74 Å². The molecule has 0 aliphatic carbocycles. The summed E-state index contributed by atoms with van der Waals surface area (Å²) in [6.07, 6.45) is -0.383. The lowest BCUT2D eigenvalue weighted by atomic mass is 9.99. The monoisotopic (exact) mass is 511 g/mol. The van der Waals surface area contributed by atoms with Crippen molar-refractivity contribution in [3.63, 3.8) is 0 Å². The minimum Gasteiger partial charge on any atom is -0.444 e. The van der Waals surface area contributed by atoms with E-state index in [2.05, 4.69) is 10.6 Å². The van der Waals surface area contributed by atoms with Crippen LogP contribution in [0, 0.1) is 19.8 Å². The normalized spacial score (nSPS) is 13.0. The zero-order chi connectivity index (χ0) is 27.8. The molecule has 2 aromatic rings. The Bertz CT molecular complexity index is 1040. The lowest BCUT2D eigenvalue weighted by Gasteiger charge is -2.34. The Hall–Kier alpha value is -3.39. The number of benzene rings is 2. The number of carbonyl (C=O) groups excluding carboxylic acids is 3. The zero-order valence-electron chi connectivity index (χ0n) is 23.0. The van der Waals surface area contributed by atoms with Crippen molar-refractivity contribution >= 4 is 23.6 Å². The van der Waals surface area contributed by atoms with E-state index in [9.17, 15) is 19.5 Å². The van der Waals surface area contributed by atoms with Gasteiger partial charge >= 0.3 is 6.09 Å². The maximum atomic E-state index is 13.9. The van der Waals surface area contributed by atoms with E-state index >= 15 is 0 Å². The zero-order valence-corrected chi connectivity index (χ0v) is 23.0. The Morgan fingerprint density at radius 3 is 2.08 bits per heavy atom. The van der Waals surface area contributed by atoms with Gasteiger partial charge in [-0.3, -0.25) is 9.59 Å². The first-order valence-electron chi connectivity index (χ1n) is 12.7. The highest BCUT2D eigenvalue weighted by molar-refractivity contribution is 5.99. The molecule has 2 rings (SSSR count). The molecule has 0 heterocycles. The number of hydrogen-bond acceptors (Lipinski definition) is 5. The molecule has 2 aromatic carbocycles. The number of para-hydroxylation sites is 1. The molecule has 202 valence electrons. The highest BCUT2D eigenvalue weighted by Crippen LogP contribution is 2.27. The second-order valence-corrected chi connectivity index (χ2v) is 10.7. The third-order valence-electron chi connectivity index (χ3n) is 5.72. The number of ether oxygens (including phenoxy) is 1. The van der Waals surface area contributed by atoms with Crippen molar-refractivity contribution in [3.05, 3.63) is 65.2 Å². The van der Waals surface area contributed by atoms with Crippen molar-refractivity contribution in [2.24, 2.45) is 5.92 Å². The molecule has 3 amide bonds. The fraction of sp³-hybridized carbons (Fsp3) is 0.483. The summed E-state index contributed by atoms with van der Waals surface area (Å²) in [5, 5.41) is 15.6. The van der Waals surface area contributed by atoms with Gasteiger partial charge in [-0.05, 0) is 63.6 Å². The largest absolute Gasteiger partial charge is 0.444 e. The minimum absolute atomic E-state index is 0.0680. The van der Waals surface area contributed by atoms with E-state index in [0.717, 1.165) is 11.1 Å². The summed E-state index contributed by atoms with van der Waals surface area (Å²) in [5.41, 5.74) is 2.32. The van der Waals surface area contributed by atoms with Crippen molar-refractivity contribution < 1.29 is 24.2 Å². The summed E-state index contributed by atoms with van der Waals surface area (Å²) in [6, 6.07) is 12.7. The van der Waals surface area contributed by atoms with Crippen molar-refractivity contribution in [2.45, 2.75) is 72.6 Å². The molecular formula is C29H41N3O5. The number of amides is 3. The van der Waals surface area contributed by atoms with Crippen LogP contribution in [0.3, 0.4) is 0 Å². The first kappa shape index (κ1) is 29.8. The number of anilines is 1. The number of nitrogens with one attached hydrogen (secondary N) is 2. The molecule has 0 aromatic heterocycles. The van der Waals surface area contributed by atoms with Crippen LogP contribution in [-0.2, 0) is 14.3 Å². The highest BCUT2D eigenvalue weighted by Gasteiger charge is 2.36. The highest BCUT2D eigenvalue weighted by atomic mass is 16.6. The fourth-order valence-electron chi connectivity index (χ4n) is 4.13. The summed E-state index contributed by atoms with van der Waals surface area (Å²) in [4.78, 5) is 41.7. The van der Waals surface area contributed by atoms with E-state index < -0.39 is 35.6 Å². The Morgan fingerprint density at radius 2 is 1.57 bits per heavy atom. The Balaban J connectivity index is 2.49. The second-order valence-electron chi connectivity index (χ2n) is 10.7. The van der Waals surface area contributed by atoms with E-state index in [1.807, 2.05) is 52.0 Å². The average Bonchev–Trinajstić information content (AvgIpc) is 2.79. The fourth-order valence-corrected chi connectivity index (χ4v) is 4.13. The van der Waals surface area contributed by atoms with Gasteiger partial charge in [0.05, 0.1) is 6.61 Å². The first-order valence-corrected chi connectivity index (χ1v) is 12.7. The lowest BCUT2D eigenvalue weighted by molar-refractivity contribution is -0.141. The molecule has 3 N–H and O–H groups in total. The van der Waals surface area contributed by atoms with Gasteiger partial charge in [-0.1, -0.05) is 62.4 Å². The quantitative estimate of drug-likeness (QED) is 0.427. The van der Waals surface area contributed by atoms with Crippen LogP contribution in [0.15, 0.2) is 48.5 Å². The molecule has 0 bridgehead atoms. The van der Waals surface area contributed by atoms with E-state index in [1.54, 1.807) is 45.0 Å². The summed E-state index contributed by atoms with van der Waals surface area (Å²) in [5.74, 6) is -0.816. The van der Waals surface area contributed by atoms with E-state index in [-0.39, 0.29) is 19.1 Å². The van der Waals surface area contributed by atoms with Crippen LogP contribution in [0.25, 0.3) is 0 Å². The van der Waals surface area contributed by atoms with Crippen LogP contribution < -0.4 is 10.6 Å². The van der Waals surface area contributed by atoms with Gasteiger partial charge in [-0.2, -0.15) is 0 Å². The molecule has 0 saturated carbocycles. The smallest absolute Gasteiger partial charge is 0.408 e. The molecule has 0 radical (unpaired) electrons. The standard InChI is InChI=1S/C29H41N3O5/c1-19(2)18-23(30-28(36)37-29(5,6)7)27(35)32(16-17-33)25(22-14-9-8-10-15-22)26(34)31-24-20(3)12-11-13-21(24)4/h8-15,19,23,25,33H,16-18H2,1-7H3,(H,30,36)(H,31,34). The van der Waals surface area contributed by atoms with E-state index in [0.29, 0.717) is 17.7 Å². The van der Waals surface area contributed by atoms with Gasteiger partial charge < -0.3 is 25.4 Å². The number of rotatable bonds is 10. The van der Waals surface area contributed by atoms with Gasteiger partial charge in [0.15, 0.2) is 0 Å². The van der Waals surface area contributed by atoms with Crippen LogP contribution in [0.5, 0.6) is 0 Å². The number of alkyl carbamates (subject to hydrolysis) is 1. The molecule has 8 nitrogen and oxygen atoms in total. The molecule has 0 aliphatic rings. The summed E-state index contributed by atoms with van der Waals surface area (Å²) in [7, 11) is 0. The second kappa shape index (κ2) is 13.2. The van der Waals surface area contributed by atoms with Gasteiger partial charge in [0.1, 0.15) is 17.7 Å². The molecule has 2 atom stereocenters. The van der Waals surface area contributed by atoms with Crippen LogP contribution in [0.1, 0.15) is 63.8 Å². The number of carbonyl (C=O) groups is 3. The van der Waals surface area contributed by atoms with Gasteiger partial charge in [0.25, 0.3) is 5.91 Å². The molecule has 8 heteroatoms. The van der Waals surface area contributed by atoms with Crippen LogP contribution in [0.4, 0.5) is 10.5 Å². The molecular weight excluding hydrogens is 470 g/mol. The van der Waals surface area contributed by atoms with Crippen molar-refractivity contribution in [1.82, 2.24) is 10.2 Å². The molecule has 0 saturated heterocycles. The first-order chi connectivity index (χ1) is 17.3. The van der Waals surface area contributed by atoms with E-state index in [1.165, 1.54) is 4.90 Å². The van der Waals surface area contributed by atoms with Crippen LogP contribution in [-0.4, -0.2) is 52.7 Å². The average molecular weight is 512 g/mol. The number of aryl methyl sites for hydroxylation is 2. The Labute approximate surface area is 220 Å². The molecule has 0 spiro atoms. The molecule has 2 unspecified atom stereocenters. The number of hydrogen-bond donors (Lipinski definition) is 3. The predicted octanol–water partition coefficient (Wildman–Crippen LogP) is 4.74. The maximum Gasteiger partial charge on any atom is 0.408 e. The summed E-state index contributed by atoms with van der Waals surface area (Å²) < 4.78 is 5.39. The molecule has 0 fully saturated rings. The lowest BCUT2D eigenvalue weighted by Crippen LogP contribution is -2.53. The predicted molar refractivity (Wildman–Crippen MR) is 145 cm³/mol. The molecule has 37 heavy (non-hydrogen) atoms. The van der Waals surface area contributed by atoms with Crippen LogP contribution >= 0.6 is 0 Å². The topological polar surface area (TPSA) is 108 Å². The summed E-state index contributed by atoms with van der Waals surface area (Å²) >= 11 is 0. The molecule has 0 aliphatic heterocycles. The van der Waals surface area contributed by atoms with Crippen molar-refractivity contribution in [2.75, 3.05) is 18.5 Å². The number of aliphatic hydroxyl groups is 1. The minimum atomic E-state index is -1.03. The third kappa shape index (κ3) is 8.89. The number of aliphatic hydroxyl groups excluding tert-OH is 1. The van der Waals surface area contributed by atoms with Crippen molar-refractivity contribution in [3.8, 4) is 0 Å². The van der Waals surface area contributed by atoms with Gasteiger partial charge in [0, 0.05) is 12.2 Å². The van der Waals surface area contributed by atoms with Crippen LogP contribution in [0.2, 0.25) is 0 Å². The van der Waals surface area contributed by atoms with Gasteiger partial charge in [-0.25, -0.2) is 4.79 Å². The van der Waals surface area contributed by atoms with Gasteiger partial charge in [-0.15, -0.1) is 0 Å².